The van der Waals surface area contributed by atoms with Crippen LogP contribution >= 0.6 is 11.3 Å². The second-order valence-electron chi connectivity index (χ2n) is 8.51. The number of methoxy groups -OCH3 is 1. The van der Waals surface area contributed by atoms with Crippen LogP contribution in [0.2, 0.25) is 0 Å². The zero-order chi connectivity index (χ0) is 21.5. The maximum atomic E-state index is 11.2. The van der Waals surface area contributed by atoms with Crippen LogP contribution in [0.1, 0.15) is 68.8 Å². The average molecular weight is 435 g/mol. The molecule has 30 heavy (non-hydrogen) atoms. The molecule has 0 amide bonds. The fourth-order valence-electron chi connectivity index (χ4n) is 4.74. The van der Waals surface area contributed by atoms with Crippen LogP contribution < -0.4 is 0 Å². The number of ether oxygens (including phenoxy) is 1. The van der Waals surface area contributed by atoms with Gasteiger partial charge in [0.15, 0.2) is 0 Å². The monoisotopic (exact) mass is 434 g/mol. The van der Waals surface area contributed by atoms with E-state index in [0.29, 0.717) is 25.7 Å². The number of rotatable bonds is 11. The van der Waals surface area contributed by atoms with Gasteiger partial charge in [0, 0.05) is 16.0 Å². The molecule has 1 aliphatic rings. The van der Waals surface area contributed by atoms with Crippen LogP contribution in [-0.4, -0.2) is 40.6 Å². The van der Waals surface area contributed by atoms with Crippen molar-refractivity contribution in [1.29, 1.82) is 0 Å². The fourth-order valence-corrected chi connectivity index (χ4v) is 5.83. The first-order valence-electron chi connectivity index (χ1n) is 11.1. The lowest BCUT2D eigenvalue weighted by molar-refractivity contribution is -0.140. The highest BCUT2D eigenvalue weighted by atomic mass is 32.1. The van der Waals surface area contributed by atoms with Gasteiger partial charge < -0.3 is 20.1 Å². The van der Waals surface area contributed by atoms with Crippen LogP contribution in [-0.2, 0) is 9.53 Å². The Hall–Kier alpha value is -1.47. The Balaban J connectivity index is 1.46. The molecule has 3 N–H and O–H groups in total. The molecule has 0 spiro atoms. The van der Waals surface area contributed by atoms with E-state index in [2.05, 4.69) is 22.9 Å². The van der Waals surface area contributed by atoms with Gasteiger partial charge in [-0.2, -0.15) is 0 Å². The van der Waals surface area contributed by atoms with Crippen molar-refractivity contribution in [3.05, 3.63) is 35.2 Å². The van der Waals surface area contributed by atoms with E-state index < -0.39 is 18.3 Å². The lowest BCUT2D eigenvalue weighted by Gasteiger charge is -2.24. The molecule has 166 valence electrons. The molecule has 0 aliphatic heterocycles. The Morgan fingerprint density at radius 3 is 2.53 bits per heavy atom. The van der Waals surface area contributed by atoms with Crippen molar-refractivity contribution in [3.63, 3.8) is 0 Å². The van der Waals surface area contributed by atoms with Gasteiger partial charge in [-0.3, -0.25) is 4.79 Å². The number of unbranched alkanes of at least 4 members (excludes halogenated alkanes) is 3. The first-order valence-corrected chi connectivity index (χ1v) is 11.9. The molecule has 1 heterocycles. The Kier molecular flexibility index (Phi) is 8.69. The zero-order valence-electron chi connectivity index (χ0n) is 17.7. The minimum absolute atomic E-state index is 0.0269. The Labute approximate surface area is 182 Å². The molecule has 0 bridgehead atoms. The van der Waals surface area contributed by atoms with Crippen molar-refractivity contribution >= 4 is 27.4 Å². The first-order chi connectivity index (χ1) is 14.5. The Bertz CT molecular complexity index is 771. The number of hydrogen-bond acceptors (Lipinski definition) is 6. The second kappa shape index (κ2) is 11.2. The number of hydrogen-bond donors (Lipinski definition) is 3. The minimum atomic E-state index is -0.536. The second-order valence-corrected chi connectivity index (χ2v) is 9.62. The van der Waals surface area contributed by atoms with E-state index in [0.717, 1.165) is 42.4 Å². The van der Waals surface area contributed by atoms with Gasteiger partial charge >= 0.3 is 5.97 Å². The van der Waals surface area contributed by atoms with Crippen LogP contribution in [0.15, 0.2) is 30.3 Å². The summed E-state index contributed by atoms with van der Waals surface area (Å²) in [6, 6.07) is 10.2. The maximum absolute atomic E-state index is 11.2. The molecule has 5 nitrogen and oxygen atoms in total. The predicted molar refractivity (Wildman–Crippen MR) is 119 cm³/mol. The molecule has 0 radical (unpaired) electrons. The number of carbonyl (C=O) groups is 1. The number of aliphatic hydroxyl groups is 3. The van der Waals surface area contributed by atoms with Gasteiger partial charge in [-0.1, -0.05) is 37.5 Å². The topological polar surface area (TPSA) is 87.0 Å². The van der Waals surface area contributed by atoms with Crippen molar-refractivity contribution in [2.75, 3.05) is 7.11 Å². The van der Waals surface area contributed by atoms with E-state index in [1.165, 1.54) is 11.8 Å². The van der Waals surface area contributed by atoms with Gasteiger partial charge in [0.2, 0.25) is 0 Å². The number of esters is 1. The zero-order valence-corrected chi connectivity index (χ0v) is 18.5. The smallest absolute Gasteiger partial charge is 0.305 e. The highest BCUT2D eigenvalue weighted by Gasteiger charge is 2.40. The largest absolute Gasteiger partial charge is 0.469 e. The van der Waals surface area contributed by atoms with Gasteiger partial charge in [0.1, 0.15) is 0 Å². The lowest BCUT2D eigenvalue weighted by atomic mass is 9.84. The third-order valence-corrected chi connectivity index (χ3v) is 7.68. The predicted octanol–water partition coefficient (Wildman–Crippen LogP) is 4.59. The number of aliphatic hydroxyl groups excluding tert-OH is 3. The molecule has 1 aromatic heterocycles. The summed E-state index contributed by atoms with van der Waals surface area (Å²) in [6.07, 6.45) is 5.33. The third-order valence-electron chi connectivity index (χ3n) is 6.46. The van der Waals surface area contributed by atoms with Crippen molar-refractivity contribution in [2.24, 2.45) is 11.8 Å². The van der Waals surface area contributed by atoms with Crippen molar-refractivity contribution in [3.8, 4) is 0 Å². The molecule has 1 aliphatic carbocycles. The van der Waals surface area contributed by atoms with Crippen molar-refractivity contribution < 1.29 is 24.9 Å². The average Bonchev–Trinajstić information content (AvgIpc) is 3.29. The van der Waals surface area contributed by atoms with Crippen LogP contribution in [0.5, 0.6) is 0 Å². The molecule has 6 heteroatoms. The normalized spacial score (nSPS) is 24.9. The third kappa shape index (κ3) is 6.03. The summed E-state index contributed by atoms with van der Waals surface area (Å²) < 4.78 is 5.83. The molecule has 0 unspecified atom stereocenters. The summed E-state index contributed by atoms with van der Waals surface area (Å²) >= 11 is 1.62. The molecule has 5 atom stereocenters. The maximum Gasteiger partial charge on any atom is 0.305 e. The Morgan fingerprint density at radius 2 is 1.80 bits per heavy atom. The van der Waals surface area contributed by atoms with E-state index in [-0.39, 0.29) is 17.8 Å². The SMILES string of the molecule is COC(=O)CCCCCC[C@@H]1[C@@H](CC[C@@H](O)c2cc3ccccc3s2)[C@H](O)C[C@H]1O. The summed E-state index contributed by atoms with van der Waals surface area (Å²) in [5, 5.41) is 32.7. The van der Waals surface area contributed by atoms with Crippen molar-refractivity contribution in [2.45, 2.75) is 76.1 Å². The van der Waals surface area contributed by atoms with Crippen LogP contribution in [0.4, 0.5) is 0 Å². The molecule has 1 fully saturated rings. The summed E-state index contributed by atoms with van der Waals surface area (Å²) in [7, 11) is 1.41. The molecule has 1 aromatic carbocycles. The number of carbonyl (C=O) groups excluding carboxylic acids is 1. The summed E-state index contributed by atoms with van der Waals surface area (Å²) in [4.78, 5) is 12.1. The van der Waals surface area contributed by atoms with Crippen LogP contribution in [0.25, 0.3) is 10.1 Å². The molecular weight excluding hydrogens is 400 g/mol. The molecule has 1 saturated carbocycles. The Morgan fingerprint density at radius 1 is 1.10 bits per heavy atom. The number of fused-ring (bicyclic) bond motifs is 1. The number of benzene rings is 1. The molecule has 0 saturated heterocycles. The van der Waals surface area contributed by atoms with Crippen LogP contribution in [0.3, 0.4) is 0 Å². The van der Waals surface area contributed by atoms with Gasteiger partial charge in [0.05, 0.1) is 25.4 Å². The first kappa shape index (κ1) is 23.2. The minimum Gasteiger partial charge on any atom is -0.469 e. The molecule has 2 aromatic rings. The molecule has 3 rings (SSSR count). The van der Waals surface area contributed by atoms with E-state index in [4.69, 9.17) is 0 Å². The fraction of sp³-hybridized carbons (Fsp3) is 0.625. The summed E-state index contributed by atoms with van der Waals surface area (Å²) in [5.74, 6) is -0.0593. The highest BCUT2D eigenvalue weighted by Crippen LogP contribution is 2.41. The van der Waals surface area contributed by atoms with E-state index in [9.17, 15) is 20.1 Å². The van der Waals surface area contributed by atoms with Gasteiger partial charge in [-0.05, 0) is 61.5 Å². The van der Waals surface area contributed by atoms with Crippen LogP contribution in [0, 0.1) is 11.8 Å². The summed E-state index contributed by atoms with van der Waals surface area (Å²) in [5.41, 5.74) is 0. The van der Waals surface area contributed by atoms with E-state index in [1.807, 2.05) is 12.1 Å². The molecular formula is C24H34O5S. The van der Waals surface area contributed by atoms with Crippen molar-refractivity contribution in [1.82, 2.24) is 0 Å². The standard InChI is InChI=1S/C24H34O5S/c1-29-24(28)11-5-3-2-4-9-17-18(21(27)15-20(17)26)12-13-19(25)23-14-16-8-6-7-10-22(16)30-23/h6-8,10,14,17-21,25-27H,2-5,9,11-13,15H2,1H3/t17-,18-,19-,20-,21-/m1/s1. The number of thiophene rings is 1. The van der Waals surface area contributed by atoms with Gasteiger partial charge in [-0.25, -0.2) is 0 Å². The lowest BCUT2D eigenvalue weighted by Crippen LogP contribution is -2.23. The van der Waals surface area contributed by atoms with Gasteiger partial charge in [0.25, 0.3) is 0 Å². The quantitative estimate of drug-likeness (QED) is 0.356. The van der Waals surface area contributed by atoms with E-state index in [1.54, 1.807) is 11.3 Å². The van der Waals surface area contributed by atoms with E-state index >= 15 is 0 Å². The van der Waals surface area contributed by atoms with Gasteiger partial charge in [-0.15, -0.1) is 11.3 Å². The summed E-state index contributed by atoms with van der Waals surface area (Å²) in [6.45, 7) is 0. The highest BCUT2D eigenvalue weighted by molar-refractivity contribution is 7.19.